The minimum absolute atomic E-state index is 0.0753. The zero-order chi connectivity index (χ0) is 9.94. The molecule has 0 fully saturated rings. The van der Waals surface area contributed by atoms with Crippen molar-refractivity contribution in [2.75, 3.05) is 0 Å². The topological polar surface area (TPSA) is 35.9 Å². The van der Waals surface area contributed by atoms with Crippen LogP contribution in [0.2, 0.25) is 0 Å². The standard InChI is InChI=1S/C7H13Cl3N2/c1-4(2)5(3)12-6(11)7(8,9)10/h4-5H,1-3H3,(H2,11,12). The summed E-state index contributed by atoms with van der Waals surface area (Å²) in [7, 11) is 0. The van der Waals surface area contributed by atoms with E-state index in [4.69, 9.17) is 40.2 Å². The zero-order valence-electron chi connectivity index (χ0n) is 7.29. The molecule has 2 N–H and O–H groups in total. The highest BCUT2D eigenvalue weighted by atomic mass is 35.6. The molecule has 0 radical (unpaired) electrons. The van der Waals surface area contributed by atoms with Crippen LogP contribution in [0.25, 0.3) is 0 Å². The van der Waals surface area contributed by atoms with Crippen molar-refractivity contribution in [3.05, 3.63) is 0 Å². The van der Waals surface area contributed by atoms with Gasteiger partial charge in [-0.15, -0.1) is 0 Å². The lowest BCUT2D eigenvalue weighted by Crippen LogP contribution is -2.42. The predicted octanol–water partition coefficient (Wildman–Crippen LogP) is 2.97. The lowest BCUT2D eigenvalue weighted by atomic mass is 10.1. The Labute approximate surface area is 88.1 Å². The third-order valence-electron chi connectivity index (χ3n) is 1.66. The van der Waals surface area contributed by atoms with Crippen molar-refractivity contribution in [1.29, 1.82) is 5.41 Å². The molecule has 1 atom stereocenters. The predicted molar refractivity (Wildman–Crippen MR) is 55.5 cm³/mol. The normalized spacial score (nSPS) is 14.6. The van der Waals surface area contributed by atoms with Crippen LogP contribution in [-0.4, -0.2) is 15.7 Å². The number of rotatable bonds is 2. The number of hydrogen-bond donors (Lipinski definition) is 2. The molecule has 5 heteroatoms. The number of halogens is 3. The first kappa shape index (κ1) is 12.3. The van der Waals surface area contributed by atoms with Gasteiger partial charge in [0.15, 0.2) is 0 Å². The summed E-state index contributed by atoms with van der Waals surface area (Å²) in [5.74, 6) is 0.325. The van der Waals surface area contributed by atoms with Crippen molar-refractivity contribution < 1.29 is 0 Å². The molecule has 0 aromatic heterocycles. The highest BCUT2D eigenvalue weighted by Gasteiger charge is 2.27. The average Bonchev–Trinajstić information content (AvgIpc) is 1.85. The Kier molecular flexibility index (Phi) is 4.67. The third-order valence-corrected chi connectivity index (χ3v) is 2.22. The molecule has 0 heterocycles. The van der Waals surface area contributed by atoms with Gasteiger partial charge < -0.3 is 5.32 Å². The summed E-state index contributed by atoms with van der Waals surface area (Å²) in [5, 5.41) is 10.2. The SMILES string of the molecule is CC(C)C(C)NC(=N)C(Cl)(Cl)Cl. The van der Waals surface area contributed by atoms with E-state index in [2.05, 4.69) is 5.32 Å². The van der Waals surface area contributed by atoms with E-state index in [1.807, 2.05) is 20.8 Å². The molecular formula is C7H13Cl3N2. The van der Waals surface area contributed by atoms with E-state index < -0.39 is 3.79 Å². The minimum Gasteiger partial charge on any atom is -0.368 e. The summed E-state index contributed by atoms with van der Waals surface area (Å²) in [6.07, 6.45) is 0. The first-order valence-electron chi connectivity index (χ1n) is 3.67. The Hall–Kier alpha value is 0.340. The molecule has 0 saturated carbocycles. The van der Waals surface area contributed by atoms with Crippen molar-refractivity contribution in [3.8, 4) is 0 Å². The largest absolute Gasteiger partial charge is 0.368 e. The second kappa shape index (κ2) is 4.54. The summed E-state index contributed by atoms with van der Waals surface area (Å²) in [5.41, 5.74) is 0. The van der Waals surface area contributed by atoms with E-state index in [0.29, 0.717) is 5.92 Å². The maximum Gasteiger partial charge on any atom is 0.247 e. The number of amidine groups is 1. The molecule has 72 valence electrons. The summed E-state index contributed by atoms with van der Waals surface area (Å²) < 4.78 is -1.64. The first-order chi connectivity index (χ1) is 5.25. The van der Waals surface area contributed by atoms with Gasteiger partial charge >= 0.3 is 0 Å². The molecule has 0 aromatic rings. The Morgan fingerprint density at radius 1 is 1.25 bits per heavy atom. The van der Waals surface area contributed by atoms with Gasteiger partial charge in [0, 0.05) is 6.04 Å². The van der Waals surface area contributed by atoms with Crippen LogP contribution in [0, 0.1) is 11.3 Å². The molecule has 0 aromatic carbocycles. The van der Waals surface area contributed by atoms with Gasteiger partial charge in [-0.3, -0.25) is 5.41 Å². The molecule has 0 aliphatic heterocycles. The molecule has 0 amide bonds. The van der Waals surface area contributed by atoms with Crippen LogP contribution >= 0.6 is 34.8 Å². The van der Waals surface area contributed by atoms with Gasteiger partial charge in [0.1, 0.15) is 5.84 Å². The molecule has 0 aliphatic carbocycles. The quantitative estimate of drug-likeness (QED) is 0.428. The fourth-order valence-electron chi connectivity index (χ4n) is 0.476. The zero-order valence-corrected chi connectivity index (χ0v) is 9.56. The molecular weight excluding hydrogens is 218 g/mol. The van der Waals surface area contributed by atoms with E-state index in [-0.39, 0.29) is 11.9 Å². The van der Waals surface area contributed by atoms with Crippen LogP contribution in [-0.2, 0) is 0 Å². The van der Waals surface area contributed by atoms with Crippen molar-refractivity contribution in [2.24, 2.45) is 5.92 Å². The van der Waals surface area contributed by atoms with Crippen molar-refractivity contribution in [2.45, 2.75) is 30.6 Å². The molecule has 0 aliphatic rings. The Morgan fingerprint density at radius 3 is 1.92 bits per heavy atom. The molecule has 12 heavy (non-hydrogen) atoms. The summed E-state index contributed by atoms with van der Waals surface area (Å²) in [6, 6.07) is 0.133. The third kappa shape index (κ3) is 4.39. The van der Waals surface area contributed by atoms with E-state index in [0.717, 1.165) is 0 Å². The fraction of sp³-hybridized carbons (Fsp3) is 0.857. The summed E-state index contributed by atoms with van der Waals surface area (Å²) >= 11 is 16.4. The molecule has 1 unspecified atom stereocenters. The Morgan fingerprint density at radius 2 is 1.67 bits per heavy atom. The van der Waals surface area contributed by atoms with Gasteiger partial charge in [-0.1, -0.05) is 48.7 Å². The maximum atomic E-state index is 7.36. The molecule has 2 nitrogen and oxygen atoms in total. The number of hydrogen-bond acceptors (Lipinski definition) is 1. The molecule has 0 saturated heterocycles. The van der Waals surface area contributed by atoms with Crippen LogP contribution < -0.4 is 5.32 Å². The van der Waals surface area contributed by atoms with E-state index in [9.17, 15) is 0 Å². The summed E-state index contributed by atoms with van der Waals surface area (Å²) in [6.45, 7) is 6.00. The van der Waals surface area contributed by atoms with E-state index in [1.165, 1.54) is 0 Å². The smallest absolute Gasteiger partial charge is 0.247 e. The van der Waals surface area contributed by atoms with Crippen LogP contribution in [0.3, 0.4) is 0 Å². The summed E-state index contributed by atoms with van der Waals surface area (Å²) in [4.78, 5) is 0. The number of nitrogens with one attached hydrogen (secondary N) is 2. The van der Waals surface area contributed by atoms with Crippen LogP contribution in [0.4, 0.5) is 0 Å². The minimum atomic E-state index is -1.64. The fourth-order valence-corrected chi connectivity index (χ4v) is 0.640. The average molecular weight is 232 g/mol. The van der Waals surface area contributed by atoms with Crippen molar-refractivity contribution in [1.82, 2.24) is 5.32 Å². The van der Waals surface area contributed by atoms with Crippen LogP contribution in [0.15, 0.2) is 0 Å². The monoisotopic (exact) mass is 230 g/mol. The second-order valence-electron chi connectivity index (χ2n) is 3.05. The van der Waals surface area contributed by atoms with Crippen LogP contribution in [0.1, 0.15) is 20.8 Å². The van der Waals surface area contributed by atoms with Gasteiger partial charge in [-0.25, -0.2) is 0 Å². The van der Waals surface area contributed by atoms with Gasteiger partial charge in [0.05, 0.1) is 0 Å². The van der Waals surface area contributed by atoms with Gasteiger partial charge in [-0.2, -0.15) is 0 Å². The van der Waals surface area contributed by atoms with Gasteiger partial charge in [0.25, 0.3) is 0 Å². The Balaban J connectivity index is 4.02. The highest BCUT2D eigenvalue weighted by Crippen LogP contribution is 2.26. The van der Waals surface area contributed by atoms with Crippen molar-refractivity contribution in [3.63, 3.8) is 0 Å². The van der Waals surface area contributed by atoms with Gasteiger partial charge in [0.2, 0.25) is 3.79 Å². The molecule has 0 spiro atoms. The van der Waals surface area contributed by atoms with Gasteiger partial charge in [-0.05, 0) is 12.8 Å². The first-order valence-corrected chi connectivity index (χ1v) is 4.80. The number of alkyl halides is 3. The Bertz CT molecular complexity index is 163. The van der Waals surface area contributed by atoms with Crippen molar-refractivity contribution >= 4 is 40.6 Å². The van der Waals surface area contributed by atoms with E-state index >= 15 is 0 Å². The van der Waals surface area contributed by atoms with E-state index in [1.54, 1.807) is 0 Å². The molecule has 0 bridgehead atoms. The lowest BCUT2D eigenvalue weighted by Gasteiger charge is -2.22. The van der Waals surface area contributed by atoms with Crippen LogP contribution in [0.5, 0.6) is 0 Å². The second-order valence-corrected chi connectivity index (χ2v) is 5.33. The highest BCUT2D eigenvalue weighted by molar-refractivity contribution is 6.76. The lowest BCUT2D eigenvalue weighted by molar-refractivity contribution is 0.484. The maximum absolute atomic E-state index is 7.36. The molecule has 0 rings (SSSR count).